The second kappa shape index (κ2) is 10.4. The number of benzene rings is 2. The van der Waals surface area contributed by atoms with Crippen molar-refractivity contribution in [2.45, 2.75) is 59.8 Å². The maximum absolute atomic E-state index is 13.6. The lowest BCUT2D eigenvalue weighted by molar-refractivity contribution is -0.157. The molecule has 1 aliphatic heterocycles. The van der Waals surface area contributed by atoms with Crippen LogP contribution in [0.3, 0.4) is 0 Å². The molecule has 1 aliphatic rings. The number of halogens is 1. The zero-order chi connectivity index (χ0) is 28.6. The minimum absolute atomic E-state index is 0.0375. The Morgan fingerprint density at radius 1 is 0.974 bits per heavy atom. The first-order chi connectivity index (χ1) is 17.5. The average Bonchev–Trinajstić information content (AvgIpc) is 3.06. The Labute approximate surface area is 227 Å². The number of ether oxygens (including phenoxy) is 1. The summed E-state index contributed by atoms with van der Waals surface area (Å²) in [6.07, 6.45) is 0.199. The normalized spacial score (nSPS) is 15.2. The van der Waals surface area contributed by atoms with E-state index < -0.39 is 38.7 Å². The van der Waals surface area contributed by atoms with Crippen LogP contribution in [-0.2, 0) is 34.0 Å². The van der Waals surface area contributed by atoms with Gasteiger partial charge in [0.05, 0.1) is 32.8 Å². The van der Waals surface area contributed by atoms with Crippen molar-refractivity contribution in [1.82, 2.24) is 0 Å². The predicted molar refractivity (Wildman–Crippen MR) is 144 cm³/mol. The topological polar surface area (TPSA) is 119 Å². The number of sulfonamides is 1. The molecule has 1 N–H and O–H groups in total. The molecule has 0 fully saturated rings. The third-order valence-electron chi connectivity index (χ3n) is 5.48. The number of carbonyl (C=O) groups is 3. The van der Waals surface area contributed by atoms with E-state index in [2.05, 4.69) is 4.72 Å². The molecule has 0 bridgehead atoms. The molecule has 0 saturated heterocycles. The van der Waals surface area contributed by atoms with E-state index in [1.54, 1.807) is 54.5 Å². The van der Waals surface area contributed by atoms with E-state index in [-0.39, 0.29) is 39.0 Å². The van der Waals surface area contributed by atoms with Crippen molar-refractivity contribution in [3.05, 3.63) is 58.8 Å². The molecule has 0 unspecified atom stereocenters. The van der Waals surface area contributed by atoms with Gasteiger partial charge in [0.25, 0.3) is 15.9 Å². The van der Waals surface area contributed by atoms with Gasteiger partial charge in [0.2, 0.25) is 0 Å². The molecule has 0 radical (unpaired) electrons. The molecule has 0 atom stereocenters. The van der Waals surface area contributed by atoms with E-state index in [4.69, 9.17) is 21.2 Å². The number of allylic oxidation sites excluding steroid dienone is 1. The van der Waals surface area contributed by atoms with Crippen LogP contribution in [0.2, 0.25) is 5.02 Å². The molecule has 0 aliphatic carbocycles. The second-order valence-electron chi connectivity index (χ2n) is 10.8. The van der Waals surface area contributed by atoms with Gasteiger partial charge in [0.15, 0.2) is 0 Å². The van der Waals surface area contributed by atoms with Crippen LogP contribution in [0.4, 0.5) is 11.4 Å². The Morgan fingerprint density at radius 2 is 1.58 bits per heavy atom. The van der Waals surface area contributed by atoms with E-state index in [9.17, 15) is 22.8 Å². The molecule has 2 aromatic rings. The largest absolute Gasteiger partial charge is 0.430 e. The van der Waals surface area contributed by atoms with Gasteiger partial charge in [0, 0.05) is 12.0 Å². The molecule has 204 valence electrons. The summed E-state index contributed by atoms with van der Waals surface area (Å²) >= 11 is 6.08. The molecule has 3 rings (SSSR count). The first-order valence-corrected chi connectivity index (χ1v) is 13.8. The second-order valence-corrected chi connectivity index (χ2v) is 12.8. The number of amides is 1. The fraction of sp³-hybridized carbons (Fsp3) is 0.370. The van der Waals surface area contributed by atoms with E-state index in [1.165, 1.54) is 36.4 Å². The summed E-state index contributed by atoms with van der Waals surface area (Å²) in [5.41, 5.74) is -1.20. The van der Waals surface area contributed by atoms with Crippen molar-refractivity contribution in [1.29, 1.82) is 0 Å². The highest BCUT2D eigenvalue weighted by molar-refractivity contribution is 7.92. The van der Waals surface area contributed by atoms with Crippen LogP contribution in [0.1, 0.15) is 60.5 Å². The first-order valence-electron chi connectivity index (χ1n) is 11.9. The molecule has 1 amide bonds. The maximum Gasteiger partial charge on any atom is 0.338 e. The smallest absolute Gasteiger partial charge is 0.338 e. The van der Waals surface area contributed by atoms with Crippen molar-refractivity contribution in [3.63, 3.8) is 0 Å². The van der Waals surface area contributed by atoms with Gasteiger partial charge in [0.1, 0.15) is 10.7 Å². The van der Waals surface area contributed by atoms with Gasteiger partial charge in [-0.3, -0.25) is 14.3 Å². The van der Waals surface area contributed by atoms with Gasteiger partial charge >= 0.3 is 11.9 Å². The summed E-state index contributed by atoms with van der Waals surface area (Å²) < 4.78 is 34.0. The van der Waals surface area contributed by atoms with Crippen molar-refractivity contribution in [3.8, 4) is 0 Å². The molecular formula is C27H31ClN2O7S. The van der Waals surface area contributed by atoms with Gasteiger partial charge in [-0.15, -0.1) is 5.06 Å². The number of fused-ring (bicyclic) bond motifs is 1. The molecule has 9 nitrogen and oxygen atoms in total. The summed E-state index contributed by atoms with van der Waals surface area (Å²) in [4.78, 5) is 44.2. The van der Waals surface area contributed by atoms with Crippen molar-refractivity contribution >= 4 is 56.4 Å². The Balaban J connectivity index is 2.13. The minimum Gasteiger partial charge on any atom is -0.430 e. The summed E-state index contributed by atoms with van der Waals surface area (Å²) in [5, 5.41) is 0.835. The van der Waals surface area contributed by atoms with E-state index in [0.29, 0.717) is 5.56 Å². The van der Waals surface area contributed by atoms with E-state index >= 15 is 0 Å². The first kappa shape index (κ1) is 29.2. The summed E-state index contributed by atoms with van der Waals surface area (Å²) in [6, 6.07) is 10.3. The quantitative estimate of drug-likeness (QED) is 0.272. The van der Waals surface area contributed by atoms with Gasteiger partial charge in [-0.1, -0.05) is 30.7 Å². The van der Waals surface area contributed by atoms with Crippen molar-refractivity contribution < 1.29 is 32.4 Å². The standard InChI is InChI=1S/C27H31ClN2O7S/c1-8-20(36-24(32)26(2,3)4)22-17-14-13-16(29-38(34,35)21-12-10-9-11-18(21)28)15-19(17)30(23(22)31)37-25(33)27(5,6)7/h9-15,29H,8H2,1-7H3/b22-20-. The van der Waals surface area contributed by atoms with Crippen LogP contribution in [0.25, 0.3) is 5.57 Å². The van der Waals surface area contributed by atoms with E-state index in [1.807, 2.05) is 0 Å². The molecule has 1 heterocycles. The third-order valence-corrected chi connectivity index (χ3v) is 7.36. The number of nitrogens with zero attached hydrogens (tertiary/aromatic N) is 1. The fourth-order valence-corrected chi connectivity index (χ4v) is 4.89. The van der Waals surface area contributed by atoms with Crippen LogP contribution in [0.15, 0.2) is 53.1 Å². The van der Waals surface area contributed by atoms with E-state index in [0.717, 1.165) is 5.06 Å². The van der Waals surface area contributed by atoms with Crippen LogP contribution < -0.4 is 9.79 Å². The Hall–Kier alpha value is -3.37. The maximum atomic E-state index is 13.6. The zero-order valence-electron chi connectivity index (χ0n) is 22.3. The Morgan fingerprint density at radius 3 is 2.13 bits per heavy atom. The Bertz CT molecular complexity index is 1430. The third kappa shape index (κ3) is 6.02. The van der Waals surface area contributed by atoms with Gasteiger partial charge < -0.3 is 9.57 Å². The molecular weight excluding hydrogens is 532 g/mol. The number of carbonyl (C=O) groups excluding carboxylic acids is 3. The lowest BCUT2D eigenvalue weighted by Crippen LogP contribution is -2.35. The molecule has 38 heavy (non-hydrogen) atoms. The summed E-state index contributed by atoms with van der Waals surface area (Å²) in [6.45, 7) is 11.7. The number of hydroxylamine groups is 1. The van der Waals surface area contributed by atoms with Gasteiger partial charge in [-0.05, 0) is 71.9 Å². The van der Waals surface area contributed by atoms with Gasteiger partial charge in [-0.2, -0.15) is 0 Å². The number of hydrogen-bond acceptors (Lipinski definition) is 7. The minimum atomic E-state index is -4.08. The summed E-state index contributed by atoms with van der Waals surface area (Å²) in [5.74, 6) is -1.84. The predicted octanol–water partition coefficient (Wildman–Crippen LogP) is 5.70. The summed E-state index contributed by atoms with van der Waals surface area (Å²) in [7, 11) is -4.08. The lowest BCUT2D eigenvalue weighted by Gasteiger charge is -2.22. The molecule has 11 heteroatoms. The number of rotatable bonds is 6. The van der Waals surface area contributed by atoms with Crippen LogP contribution >= 0.6 is 11.6 Å². The zero-order valence-corrected chi connectivity index (χ0v) is 23.9. The number of anilines is 2. The highest BCUT2D eigenvalue weighted by Crippen LogP contribution is 2.42. The fourth-order valence-electron chi connectivity index (χ4n) is 3.32. The molecule has 0 spiro atoms. The van der Waals surface area contributed by atoms with Crippen molar-refractivity contribution in [2.75, 3.05) is 9.79 Å². The lowest BCUT2D eigenvalue weighted by atomic mass is 9.97. The highest BCUT2D eigenvalue weighted by atomic mass is 35.5. The van der Waals surface area contributed by atoms with Gasteiger partial charge in [-0.25, -0.2) is 13.2 Å². The monoisotopic (exact) mass is 562 g/mol. The number of nitrogens with one attached hydrogen (secondary N) is 1. The highest BCUT2D eigenvalue weighted by Gasteiger charge is 2.41. The van der Waals surface area contributed by atoms with Crippen LogP contribution in [-0.4, -0.2) is 26.3 Å². The SMILES string of the molecule is CC/C(OC(=O)C(C)(C)C)=C1/C(=O)N(OC(=O)C(C)(C)C)c2cc(NS(=O)(=O)c3ccccc3Cl)ccc21. The average molecular weight is 563 g/mol. The number of hydrogen-bond donors (Lipinski definition) is 1. The number of esters is 1. The van der Waals surface area contributed by atoms with Crippen LogP contribution in [0.5, 0.6) is 0 Å². The molecule has 0 aromatic heterocycles. The molecule has 2 aromatic carbocycles. The Kier molecular flexibility index (Phi) is 8.00. The molecule has 0 saturated carbocycles. The van der Waals surface area contributed by atoms with Crippen molar-refractivity contribution in [2.24, 2.45) is 10.8 Å². The van der Waals surface area contributed by atoms with Crippen LogP contribution in [0, 0.1) is 10.8 Å².